The van der Waals surface area contributed by atoms with Crippen LogP contribution in [0.1, 0.15) is 36.0 Å². The minimum absolute atomic E-state index is 0.0392. The monoisotopic (exact) mass is 407 g/mol. The maximum Gasteiger partial charge on any atom is 0.251 e. The maximum atomic E-state index is 12.1. The molecule has 1 amide bonds. The Morgan fingerprint density at radius 3 is 2.79 bits per heavy atom. The molecule has 0 bridgehead atoms. The molecule has 0 aromatic heterocycles. The van der Waals surface area contributed by atoms with Crippen LogP contribution in [0.4, 0.5) is 0 Å². The van der Waals surface area contributed by atoms with Crippen LogP contribution in [-0.2, 0) is 0 Å². The Hall–Kier alpha value is -0.0600. The van der Waals surface area contributed by atoms with Crippen molar-refractivity contribution in [3.8, 4) is 0 Å². The number of benzene rings is 1. The molecule has 0 spiro atoms. The van der Waals surface area contributed by atoms with E-state index in [4.69, 9.17) is 11.6 Å². The van der Waals surface area contributed by atoms with E-state index >= 15 is 0 Å². The molecule has 1 aromatic rings. The number of nitrogens with one attached hydrogen (secondary N) is 1. The topological polar surface area (TPSA) is 29.1 Å². The fourth-order valence-corrected chi connectivity index (χ4v) is 3.63. The highest BCUT2D eigenvalue weighted by Crippen LogP contribution is 2.29. The SMILES string of the molecule is O=C(NCC1CCCCC1Br)c1ccc(Cl)c(Br)c1. The van der Waals surface area contributed by atoms with Crippen LogP contribution in [0.25, 0.3) is 0 Å². The maximum absolute atomic E-state index is 12.1. The van der Waals surface area contributed by atoms with Crippen molar-refractivity contribution in [1.82, 2.24) is 5.32 Å². The average molecular weight is 410 g/mol. The minimum Gasteiger partial charge on any atom is -0.352 e. The Morgan fingerprint density at radius 1 is 1.37 bits per heavy atom. The van der Waals surface area contributed by atoms with E-state index in [1.807, 2.05) is 0 Å². The molecular weight excluding hydrogens is 393 g/mol. The molecule has 0 heterocycles. The van der Waals surface area contributed by atoms with Crippen molar-refractivity contribution < 1.29 is 4.79 Å². The van der Waals surface area contributed by atoms with Gasteiger partial charge in [-0.3, -0.25) is 4.79 Å². The van der Waals surface area contributed by atoms with Crippen LogP contribution in [0.2, 0.25) is 5.02 Å². The summed E-state index contributed by atoms with van der Waals surface area (Å²) in [5, 5.41) is 3.63. The van der Waals surface area contributed by atoms with E-state index in [9.17, 15) is 4.79 Å². The van der Waals surface area contributed by atoms with Crippen LogP contribution in [0.3, 0.4) is 0 Å². The fourth-order valence-electron chi connectivity index (χ4n) is 2.36. The molecule has 104 valence electrons. The fraction of sp³-hybridized carbons (Fsp3) is 0.500. The van der Waals surface area contributed by atoms with Crippen LogP contribution >= 0.6 is 43.5 Å². The molecule has 1 aliphatic rings. The first-order valence-corrected chi connectivity index (χ1v) is 8.54. The molecule has 1 fully saturated rings. The van der Waals surface area contributed by atoms with Gasteiger partial charge in [-0.1, -0.05) is 40.4 Å². The molecule has 1 N–H and O–H groups in total. The highest BCUT2D eigenvalue weighted by Gasteiger charge is 2.23. The summed E-state index contributed by atoms with van der Waals surface area (Å²) in [6.45, 7) is 0.731. The second-order valence-corrected chi connectivity index (χ2v) is 7.34. The lowest BCUT2D eigenvalue weighted by molar-refractivity contribution is 0.0944. The summed E-state index contributed by atoms with van der Waals surface area (Å²) in [6.07, 6.45) is 4.92. The lowest BCUT2D eigenvalue weighted by Crippen LogP contribution is -2.34. The van der Waals surface area contributed by atoms with Gasteiger partial charge >= 0.3 is 0 Å². The van der Waals surface area contributed by atoms with E-state index in [1.165, 1.54) is 25.7 Å². The molecule has 1 aliphatic carbocycles. The first kappa shape index (κ1) is 15.3. The number of carbonyl (C=O) groups is 1. The molecule has 0 saturated heterocycles. The van der Waals surface area contributed by atoms with Gasteiger partial charge in [0.2, 0.25) is 0 Å². The van der Waals surface area contributed by atoms with Gasteiger partial charge in [0.15, 0.2) is 0 Å². The zero-order valence-electron chi connectivity index (χ0n) is 10.5. The van der Waals surface area contributed by atoms with Gasteiger partial charge in [0.25, 0.3) is 5.91 Å². The number of rotatable bonds is 3. The normalized spacial score (nSPS) is 23.1. The molecule has 1 saturated carbocycles. The van der Waals surface area contributed by atoms with Crippen molar-refractivity contribution in [2.24, 2.45) is 5.92 Å². The van der Waals surface area contributed by atoms with Crippen molar-refractivity contribution in [1.29, 1.82) is 0 Å². The molecule has 0 radical (unpaired) electrons. The lowest BCUT2D eigenvalue weighted by Gasteiger charge is -2.27. The van der Waals surface area contributed by atoms with Crippen LogP contribution in [-0.4, -0.2) is 17.3 Å². The molecular formula is C14H16Br2ClNO. The van der Waals surface area contributed by atoms with Crippen molar-refractivity contribution in [3.63, 3.8) is 0 Å². The van der Waals surface area contributed by atoms with Gasteiger partial charge in [-0.25, -0.2) is 0 Å². The first-order valence-electron chi connectivity index (χ1n) is 6.45. The quantitative estimate of drug-likeness (QED) is 0.715. The van der Waals surface area contributed by atoms with Crippen molar-refractivity contribution >= 4 is 49.4 Å². The van der Waals surface area contributed by atoms with Crippen LogP contribution in [0.15, 0.2) is 22.7 Å². The molecule has 2 atom stereocenters. The summed E-state index contributed by atoms with van der Waals surface area (Å²) >= 11 is 13.0. The number of alkyl halides is 1. The standard InChI is InChI=1S/C14H16Br2ClNO/c15-11-4-2-1-3-10(11)8-18-14(19)9-5-6-13(17)12(16)7-9/h5-7,10-11H,1-4,8H2,(H,18,19). The Balaban J connectivity index is 1.91. The van der Waals surface area contributed by atoms with Gasteiger partial charge in [0.05, 0.1) is 5.02 Å². The predicted molar refractivity (Wildman–Crippen MR) is 86.2 cm³/mol. The second kappa shape index (κ2) is 7.09. The molecule has 19 heavy (non-hydrogen) atoms. The number of hydrogen-bond acceptors (Lipinski definition) is 1. The van der Waals surface area contributed by atoms with Crippen LogP contribution < -0.4 is 5.32 Å². The molecule has 2 unspecified atom stereocenters. The summed E-state index contributed by atoms with van der Waals surface area (Å²) in [5.74, 6) is 0.496. The minimum atomic E-state index is -0.0392. The summed E-state index contributed by atoms with van der Waals surface area (Å²) < 4.78 is 0.748. The van der Waals surface area contributed by atoms with E-state index in [0.29, 0.717) is 21.3 Å². The molecule has 1 aromatic carbocycles. The Bertz CT molecular complexity index is 467. The Morgan fingerprint density at radius 2 is 2.11 bits per heavy atom. The van der Waals surface area contributed by atoms with Gasteiger partial charge in [0, 0.05) is 21.4 Å². The largest absolute Gasteiger partial charge is 0.352 e. The summed E-state index contributed by atoms with van der Waals surface area (Å²) in [7, 11) is 0. The zero-order chi connectivity index (χ0) is 13.8. The van der Waals surface area contributed by atoms with E-state index in [2.05, 4.69) is 37.2 Å². The van der Waals surface area contributed by atoms with Gasteiger partial charge in [-0.05, 0) is 52.9 Å². The van der Waals surface area contributed by atoms with Gasteiger partial charge in [-0.2, -0.15) is 0 Å². The number of amides is 1. The molecule has 2 nitrogen and oxygen atoms in total. The molecule has 2 rings (SSSR count). The molecule has 5 heteroatoms. The number of carbonyl (C=O) groups excluding carboxylic acids is 1. The number of hydrogen-bond donors (Lipinski definition) is 1. The van der Waals surface area contributed by atoms with Gasteiger partial charge in [0.1, 0.15) is 0 Å². The van der Waals surface area contributed by atoms with Crippen LogP contribution in [0.5, 0.6) is 0 Å². The predicted octanol–water partition coefficient (Wildman–Crippen LogP) is 4.79. The van der Waals surface area contributed by atoms with Crippen molar-refractivity contribution in [3.05, 3.63) is 33.3 Å². The van der Waals surface area contributed by atoms with E-state index in [1.54, 1.807) is 18.2 Å². The Labute approximate surface area is 135 Å². The zero-order valence-corrected chi connectivity index (χ0v) is 14.4. The van der Waals surface area contributed by atoms with Gasteiger partial charge in [-0.15, -0.1) is 0 Å². The van der Waals surface area contributed by atoms with Crippen molar-refractivity contribution in [2.75, 3.05) is 6.54 Å². The number of halogens is 3. The highest BCUT2D eigenvalue weighted by molar-refractivity contribution is 9.10. The summed E-state index contributed by atoms with van der Waals surface area (Å²) in [4.78, 5) is 12.6. The van der Waals surface area contributed by atoms with E-state index < -0.39 is 0 Å². The van der Waals surface area contributed by atoms with Crippen molar-refractivity contribution in [2.45, 2.75) is 30.5 Å². The average Bonchev–Trinajstić information content (AvgIpc) is 2.40. The molecule has 0 aliphatic heterocycles. The first-order chi connectivity index (χ1) is 9.08. The Kier molecular flexibility index (Phi) is 5.72. The third-order valence-corrected chi connectivity index (χ3v) is 5.94. The van der Waals surface area contributed by atoms with Gasteiger partial charge < -0.3 is 5.32 Å². The smallest absolute Gasteiger partial charge is 0.251 e. The summed E-state index contributed by atoms with van der Waals surface area (Å²) in [5.41, 5.74) is 0.637. The summed E-state index contributed by atoms with van der Waals surface area (Å²) in [6, 6.07) is 5.23. The van der Waals surface area contributed by atoms with E-state index in [0.717, 1.165) is 11.0 Å². The van der Waals surface area contributed by atoms with E-state index in [-0.39, 0.29) is 5.91 Å². The lowest BCUT2D eigenvalue weighted by atomic mass is 9.89. The second-order valence-electron chi connectivity index (χ2n) is 4.90. The highest BCUT2D eigenvalue weighted by atomic mass is 79.9. The third kappa shape index (κ3) is 4.20. The third-order valence-electron chi connectivity index (χ3n) is 3.52. The van der Waals surface area contributed by atoms with Crippen LogP contribution in [0, 0.1) is 5.92 Å².